The first-order chi connectivity index (χ1) is 8.52. The monoisotopic (exact) mass is 250 g/mol. The van der Waals surface area contributed by atoms with E-state index in [0.717, 1.165) is 12.0 Å². The molecule has 0 aromatic heterocycles. The van der Waals surface area contributed by atoms with Crippen LogP contribution in [0.4, 0.5) is 5.69 Å². The molecule has 1 aromatic rings. The van der Waals surface area contributed by atoms with Gasteiger partial charge in [-0.15, -0.1) is 0 Å². The average Bonchev–Trinajstić information content (AvgIpc) is 2.36. The maximum Gasteiger partial charge on any atom is 0.313 e. The van der Waals surface area contributed by atoms with Crippen LogP contribution in [0.25, 0.3) is 0 Å². The number of hydrogen-bond donors (Lipinski definition) is 3. The van der Waals surface area contributed by atoms with Crippen LogP contribution in [-0.2, 0) is 16.0 Å². The summed E-state index contributed by atoms with van der Waals surface area (Å²) in [5, 5.41) is 13.8. The number of hydrogen-bond acceptors (Lipinski definition) is 3. The average molecular weight is 250 g/mol. The Hall–Kier alpha value is -1.88. The van der Waals surface area contributed by atoms with Crippen molar-refractivity contribution in [3.05, 3.63) is 29.8 Å². The third-order valence-electron chi connectivity index (χ3n) is 2.38. The summed E-state index contributed by atoms with van der Waals surface area (Å²) < 4.78 is 0. The lowest BCUT2D eigenvalue weighted by Crippen LogP contribution is -2.38. The van der Waals surface area contributed by atoms with Crippen LogP contribution >= 0.6 is 0 Å². The molecule has 0 unspecified atom stereocenters. The van der Waals surface area contributed by atoms with E-state index in [9.17, 15) is 9.59 Å². The molecule has 1 aromatic carbocycles. The molecule has 0 fully saturated rings. The van der Waals surface area contributed by atoms with Crippen LogP contribution in [-0.4, -0.2) is 29.6 Å². The quantitative estimate of drug-likeness (QED) is 0.688. The van der Waals surface area contributed by atoms with E-state index in [-0.39, 0.29) is 6.54 Å². The molecule has 1 rings (SSSR count). The van der Waals surface area contributed by atoms with Crippen LogP contribution in [0.1, 0.15) is 19.4 Å². The maximum atomic E-state index is 11.5. The minimum atomic E-state index is -0.754. The van der Waals surface area contributed by atoms with Crippen LogP contribution in [0.3, 0.4) is 0 Å². The molecule has 0 bridgehead atoms. The largest absolute Gasteiger partial charge is 0.392 e. The predicted molar refractivity (Wildman–Crippen MR) is 69.1 cm³/mol. The number of rotatable bonds is 4. The van der Waals surface area contributed by atoms with Crippen molar-refractivity contribution in [2.45, 2.75) is 26.4 Å². The molecule has 98 valence electrons. The smallest absolute Gasteiger partial charge is 0.313 e. The Kier molecular flexibility index (Phi) is 5.32. The van der Waals surface area contributed by atoms with E-state index < -0.39 is 17.9 Å². The summed E-state index contributed by atoms with van der Waals surface area (Å²) in [7, 11) is 0. The van der Waals surface area contributed by atoms with Crippen molar-refractivity contribution in [2.24, 2.45) is 0 Å². The highest BCUT2D eigenvalue weighted by molar-refractivity contribution is 6.39. The normalized spacial score (nSPS) is 11.7. The van der Waals surface area contributed by atoms with Gasteiger partial charge in [-0.25, -0.2) is 0 Å². The third kappa shape index (κ3) is 4.55. The van der Waals surface area contributed by atoms with Crippen molar-refractivity contribution in [2.75, 3.05) is 11.9 Å². The molecule has 0 saturated carbocycles. The Morgan fingerprint density at radius 1 is 1.22 bits per heavy atom. The molecule has 0 heterocycles. The van der Waals surface area contributed by atoms with Crippen molar-refractivity contribution < 1.29 is 14.7 Å². The number of anilines is 1. The van der Waals surface area contributed by atoms with Gasteiger partial charge in [-0.2, -0.15) is 0 Å². The first kappa shape index (κ1) is 14.2. The highest BCUT2D eigenvalue weighted by atomic mass is 16.3. The van der Waals surface area contributed by atoms with Gasteiger partial charge < -0.3 is 15.7 Å². The molecule has 0 aliphatic heterocycles. The molecule has 2 amide bonds. The number of aliphatic hydroxyl groups is 1. The second-order valence-electron chi connectivity index (χ2n) is 4.06. The zero-order chi connectivity index (χ0) is 13.5. The summed E-state index contributed by atoms with van der Waals surface area (Å²) in [6.45, 7) is 3.62. The van der Waals surface area contributed by atoms with Gasteiger partial charge in [0, 0.05) is 12.2 Å². The second-order valence-corrected chi connectivity index (χ2v) is 4.06. The molecule has 0 saturated heterocycles. The first-order valence-corrected chi connectivity index (χ1v) is 5.89. The van der Waals surface area contributed by atoms with Crippen molar-refractivity contribution in [3.63, 3.8) is 0 Å². The molecule has 1 atom stereocenters. The van der Waals surface area contributed by atoms with Crippen LogP contribution in [0.2, 0.25) is 0 Å². The Morgan fingerprint density at radius 3 is 2.33 bits per heavy atom. The van der Waals surface area contributed by atoms with Crippen molar-refractivity contribution in [1.82, 2.24) is 5.32 Å². The molecule has 5 nitrogen and oxygen atoms in total. The van der Waals surface area contributed by atoms with E-state index in [4.69, 9.17) is 5.11 Å². The summed E-state index contributed by atoms with van der Waals surface area (Å²) in [5.41, 5.74) is 1.73. The number of amides is 2. The Morgan fingerprint density at radius 2 is 1.83 bits per heavy atom. The summed E-state index contributed by atoms with van der Waals surface area (Å²) in [6, 6.07) is 7.28. The van der Waals surface area contributed by atoms with Gasteiger partial charge in [-0.1, -0.05) is 19.1 Å². The molecule has 3 N–H and O–H groups in total. The van der Waals surface area contributed by atoms with E-state index in [1.54, 1.807) is 12.1 Å². The molecular weight excluding hydrogens is 232 g/mol. The van der Waals surface area contributed by atoms with Gasteiger partial charge in [-0.3, -0.25) is 9.59 Å². The number of carbonyl (C=O) groups is 2. The highest BCUT2D eigenvalue weighted by Crippen LogP contribution is 2.09. The van der Waals surface area contributed by atoms with Crippen LogP contribution < -0.4 is 10.6 Å². The second kappa shape index (κ2) is 6.76. The molecule has 0 aliphatic rings. The fourth-order valence-electron chi connectivity index (χ4n) is 1.33. The minimum Gasteiger partial charge on any atom is -0.392 e. The SMILES string of the molecule is CCc1ccc(NC(=O)C(=O)NC[C@@H](C)O)cc1. The summed E-state index contributed by atoms with van der Waals surface area (Å²) in [5.74, 6) is -1.49. The summed E-state index contributed by atoms with van der Waals surface area (Å²) in [6.07, 6.45) is 0.244. The van der Waals surface area contributed by atoms with Gasteiger partial charge in [0.15, 0.2) is 0 Å². The first-order valence-electron chi connectivity index (χ1n) is 5.89. The van der Waals surface area contributed by atoms with E-state index >= 15 is 0 Å². The molecular formula is C13H18N2O3. The molecule has 0 radical (unpaired) electrons. The van der Waals surface area contributed by atoms with Crippen molar-refractivity contribution in [1.29, 1.82) is 0 Å². The third-order valence-corrected chi connectivity index (χ3v) is 2.38. The van der Waals surface area contributed by atoms with Crippen LogP contribution in [0.5, 0.6) is 0 Å². The van der Waals surface area contributed by atoms with Crippen molar-refractivity contribution in [3.8, 4) is 0 Å². The van der Waals surface area contributed by atoms with Gasteiger partial charge in [-0.05, 0) is 31.0 Å². The van der Waals surface area contributed by atoms with Gasteiger partial charge in [0.25, 0.3) is 0 Å². The minimum absolute atomic E-state index is 0.0566. The van der Waals surface area contributed by atoms with E-state index in [1.807, 2.05) is 19.1 Å². The zero-order valence-corrected chi connectivity index (χ0v) is 10.6. The van der Waals surface area contributed by atoms with E-state index in [0.29, 0.717) is 5.69 Å². The van der Waals surface area contributed by atoms with Crippen LogP contribution in [0.15, 0.2) is 24.3 Å². The van der Waals surface area contributed by atoms with E-state index in [1.165, 1.54) is 6.92 Å². The number of aryl methyl sites for hydroxylation is 1. The van der Waals surface area contributed by atoms with Gasteiger partial charge >= 0.3 is 11.8 Å². The standard InChI is InChI=1S/C13H18N2O3/c1-3-10-4-6-11(7-5-10)15-13(18)12(17)14-8-9(2)16/h4-7,9,16H,3,8H2,1-2H3,(H,14,17)(H,15,18)/t9-/m1/s1. The molecule has 0 spiro atoms. The van der Waals surface area contributed by atoms with Gasteiger partial charge in [0.2, 0.25) is 0 Å². The topological polar surface area (TPSA) is 78.4 Å². The van der Waals surface area contributed by atoms with Crippen molar-refractivity contribution >= 4 is 17.5 Å². The number of benzene rings is 1. The fourth-order valence-corrected chi connectivity index (χ4v) is 1.33. The number of nitrogens with one attached hydrogen (secondary N) is 2. The lowest BCUT2D eigenvalue weighted by Gasteiger charge is -2.08. The lowest BCUT2D eigenvalue weighted by molar-refractivity contribution is -0.136. The summed E-state index contributed by atoms with van der Waals surface area (Å²) >= 11 is 0. The molecule has 0 aliphatic carbocycles. The van der Waals surface area contributed by atoms with Crippen LogP contribution in [0, 0.1) is 0 Å². The van der Waals surface area contributed by atoms with E-state index in [2.05, 4.69) is 10.6 Å². The Bertz CT molecular complexity index is 413. The zero-order valence-electron chi connectivity index (χ0n) is 10.6. The fraction of sp³-hybridized carbons (Fsp3) is 0.385. The number of aliphatic hydroxyl groups excluding tert-OH is 1. The summed E-state index contributed by atoms with van der Waals surface area (Å²) in [4.78, 5) is 22.8. The Balaban J connectivity index is 2.50. The maximum absolute atomic E-state index is 11.5. The highest BCUT2D eigenvalue weighted by Gasteiger charge is 2.13. The molecule has 5 heteroatoms. The predicted octanol–water partition coefficient (Wildman–Crippen LogP) is 0.684. The molecule has 18 heavy (non-hydrogen) atoms. The number of carbonyl (C=O) groups excluding carboxylic acids is 2. The Labute approximate surface area is 106 Å². The van der Waals surface area contributed by atoms with Gasteiger partial charge in [0.05, 0.1) is 6.10 Å². The lowest BCUT2D eigenvalue weighted by atomic mass is 10.1. The van der Waals surface area contributed by atoms with Gasteiger partial charge in [0.1, 0.15) is 0 Å².